The van der Waals surface area contributed by atoms with E-state index in [9.17, 15) is 14.7 Å². The lowest BCUT2D eigenvalue weighted by Crippen LogP contribution is -2.35. The highest BCUT2D eigenvalue weighted by Crippen LogP contribution is 2.39. The molecule has 0 aliphatic carbocycles. The molecule has 31 heavy (non-hydrogen) atoms. The standard InChI is InChI=1S/C25H30N2O4/c1-16(2)31-20-12-10-19(11-13-20)23(28)21-22(18-8-6-17(3)7-9-18)27(15-14-26(4)5)25(30)24(21)29/h6-13,16,22,28H,14-15H2,1-5H3/b23-21+/t22-/m1/s1. The summed E-state index contributed by atoms with van der Waals surface area (Å²) in [5.74, 6) is -0.751. The molecule has 0 radical (unpaired) electrons. The molecule has 0 bridgehead atoms. The number of hydrogen-bond acceptors (Lipinski definition) is 5. The molecule has 2 aromatic rings. The van der Waals surface area contributed by atoms with Crippen molar-refractivity contribution in [3.63, 3.8) is 0 Å². The quantitative estimate of drug-likeness (QED) is 0.418. The molecule has 1 aliphatic heterocycles. The highest BCUT2D eigenvalue weighted by Gasteiger charge is 2.45. The second-order valence-electron chi connectivity index (χ2n) is 8.40. The summed E-state index contributed by atoms with van der Waals surface area (Å²) >= 11 is 0. The lowest BCUT2D eigenvalue weighted by Gasteiger charge is -2.26. The smallest absolute Gasteiger partial charge is 0.295 e. The summed E-state index contributed by atoms with van der Waals surface area (Å²) in [6, 6.07) is 14.0. The van der Waals surface area contributed by atoms with Crippen LogP contribution in [0.25, 0.3) is 5.76 Å². The summed E-state index contributed by atoms with van der Waals surface area (Å²) in [5, 5.41) is 11.1. The van der Waals surface area contributed by atoms with Crippen LogP contribution in [-0.2, 0) is 9.59 Å². The van der Waals surface area contributed by atoms with Gasteiger partial charge in [-0.2, -0.15) is 0 Å². The molecule has 1 amide bonds. The Bertz CT molecular complexity index is 976. The van der Waals surface area contributed by atoms with Gasteiger partial charge >= 0.3 is 0 Å². The fraction of sp³-hybridized carbons (Fsp3) is 0.360. The van der Waals surface area contributed by atoms with Crippen molar-refractivity contribution in [3.8, 4) is 5.75 Å². The first kappa shape index (κ1) is 22.6. The zero-order valence-corrected chi connectivity index (χ0v) is 18.8. The normalized spacial score (nSPS) is 18.3. The van der Waals surface area contributed by atoms with Gasteiger partial charge in [0.15, 0.2) is 0 Å². The lowest BCUT2D eigenvalue weighted by atomic mass is 9.94. The lowest BCUT2D eigenvalue weighted by molar-refractivity contribution is -0.140. The van der Waals surface area contributed by atoms with E-state index in [0.29, 0.717) is 24.4 Å². The maximum absolute atomic E-state index is 13.0. The molecule has 1 N–H and O–H groups in total. The number of benzene rings is 2. The minimum absolute atomic E-state index is 0.0306. The van der Waals surface area contributed by atoms with Crippen LogP contribution in [0.15, 0.2) is 54.1 Å². The van der Waals surface area contributed by atoms with Gasteiger partial charge in [0.1, 0.15) is 11.5 Å². The van der Waals surface area contributed by atoms with Gasteiger partial charge in [-0.25, -0.2) is 0 Å². The number of carbonyl (C=O) groups excluding carboxylic acids is 2. The van der Waals surface area contributed by atoms with E-state index in [1.807, 2.05) is 64.0 Å². The summed E-state index contributed by atoms with van der Waals surface area (Å²) in [6.07, 6.45) is 0.0306. The van der Waals surface area contributed by atoms with Gasteiger partial charge in [0.05, 0.1) is 17.7 Å². The Hall–Kier alpha value is -3.12. The molecule has 0 aromatic heterocycles. The molecule has 3 rings (SSSR count). The molecule has 2 aromatic carbocycles. The number of aliphatic hydroxyl groups excluding tert-OH is 1. The zero-order chi connectivity index (χ0) is 22.7. The molecule has 1 heterocycles. The Balaban J connectivity index is 2.06. The van der Waals surface area contributed by atoms with Crippen molar-refractivity contribution in [3.05, 3.63) is 70.8 Å². The number of Topliss-reactive ketones (excluding diaryl/α,β-unsaturated/α-hetero) is 1. The Morgan fingerprint density at radius 3 is 2.23 bits per heavy atom. The fourth-order valence-electron chi connectivity index (χ4n) is 3.63. The van der Waals surface area contributed by atoms with E-state index in [1.165, 1.54) is 0 Å². The monoisotopic (exact) mass is 422 g/mol. The van der Waals surface area contributed by atoms with Crippen LogP contribution in [0.1, 0.15) is 36.6 Å². The third-order valence-corrected chi connectivity index (χ3v) is 5.22. The predicted molar refractivity (Wildman–Crippen MR) is 121 cm³/mol. The summed E-state index contributed by atoms with van der Waals surface area (Å²) in [5.41, 5.74) is 2.46. The first-order valence-electron chi connectivity index (χ1n) is 10.5. The number of likely N-dealkylation sites (tertiary alicyclic amines) is 1. The molecular weight excluding hydrogens is 392 g/mol. The van der Waals surface area contributed by atoms with Gasteiger partial charge in [-0.1, -0.05) is 29.8 Å². The Kier molecular flexibility index (Phi) is 6.81. The van der Waals surface area contributed by atoms with Gasteiger partial charge < -0.3 is 19.6 Å². The molecule has 1 saturated heterocycles. The number of ether oxygens (including phenoxy) is 1. The second-order valence-corrected chi connectivity index (χ2v) is 8.40. The van der Waals surface area contributed by atoms with Gasteiger partial charge in [-0.15, -0.1) is 0 Å². The van der Waals surface area contributed by atoms with Crippen LogP contribution in [0, 0.1) is 6.92 Å². The van der Waals surface area contributed by atoms with E-state index in [-0.39, 0.29) is 17.4 Å². The second kappa shape index (κ2) is 9.35. The van der Waals surface area contributed by atoms with Gasteiger partial charge in [0.25, 0.3) is 11.7 Å². The number of aliphatic hydroxyl groups is 1. The van der Waals surface area contributed by atoms with Gasteiger partial charge in [-0.05, 0) is 64.7 Å². The van der Waals surface area contributed by atoms with Crippen LogP contribution in [0.5, 0.6) is 5.75 Å². The SMILES string of the molecule is Cc1ccc([C@@H]2/C(=C(\O)c3ccc(OC(C)C)cc3)C(=O)C(=O)N2CCN(C)C)cc1. The van der Waals surface area contributed by atoms with Crippen molar-refractivity contribution in [2.75, 3.05) is 27.2 Å². The van der Waals surface area contributed by atoms with Gasteiger partial charge in [0.2, 0.25) is 0 Å². The minimum atomic E-state index is -0.663. The fourth-order valence-corrected chi connectivity index (χ4v) is 3.63. The molecule has 1 fully saturated rings. The van der Waals surface area contributed by atoms with E-state index in [2.05, 4.69) is 0 Å². The molecule has 1 aliphatic rings. The van der Waals surface area contributed by atoms with Crippen LogP contribution < -0.4 is 4.74 Å². The average molecular weight is 423 g/mol. The third-order valence-electron chi connectivity index (χ3n) is 5.22. The average Bonchev–Trinajstić information content (AvgIpc) is 2.97. The minimum Gasteiger partial charge on any atom is -0.507 e. The first-order chi connectivity index (χ1) is 14.7. The van der Waals surface area contributed by atoms with Gasteiger partial charge in [0, 0.05) is 18.7 Å². The number of likely N-dealkylation sites (N-methyl/N-ethyl adjacent to an activating group) is 1. The van der Waals surface area contributed by atoms with Crippen molar-refractivity contribution in [2.45, 2.75) is 32.9 Å². The first-order valence-corrected chi connectivity index (χ1v) is 10.5. The van der Waals surface area contributed by atoms with Crippen molar-refractivity contribution in [2.24, 2.45) is 0 Å². The molecule has 6 nitrogen and oxygen atoms in total. The van der Waals surface area contributed by atoms with Crippen molar-refractivity contribution >= 4 is 17.4 Å². The summed E-state index contributed by atoms with van der Waals surface area (Å²) in [7, 11) is 3.83. The van der Waals surface area contributed by atoms with Crippen LogP contribution in [-0.4, -0.2) is 59.9 Å². The molecule has 164 valence electrons. The number of aryl methyl sites for hydroxylation is 1. The van der Waals surface area contributed by atoms with E-state index in [4.69, 9.17) is 4.74 Å². The van der Waals surface area contributed by atoms with Crippen molar-refractivity contribution in [1.29, 1.82) is 0 Å². The van der Waals surface area contributed by atoms with Crippen LogP contribution in [0.3, 0.4) is 0 Å². The topological polar surface area (TPSA) is 70.1 Å². The number of carbonyl (C=O) groups is 2. The Morgan fingerprint density at radius 2 is 1.68 bits per heavy atom. The van der Waals surface area contributed by atoms with Crippen molar-refractivity contribution < 1.29 is 19.4 Å². The number of amides is 1. The third kappa shape index (κ3) is 4.97. The van der Waals surface area contributed by atoms with Crippen LogP contribution >= 0.6 is 0 Å². The molecule has 0 spiro atoms. The molecule has 1 atom stereocenters. The summed E-state index contributed by atoms with van der Waals surface area (Å²) in [4.78, 5) is 29.4. The maximum atomic E-state index is 13.0. The number of rotatable bonds is 7. The number of ketones is 1. The summed E-state index contributed by atoms with van der Waals surface area (Å²) in [6.45, 7) is 6.84. The number of nitrogens with zero attached hydrogens (tertiary/aromatic N) is 2. The van der Waals surface area contributed by atoms with Crippen LogP contribution in [0.2, 0.25) is 0 Å². The van der Waals surface area contributed by atoms with E-state index >= 15 is 0 Å². The van der Waals surface area contributed by atoms with Crippen molar-refractivity contribution in [1.82, 2.24) is 9.80 Å². The maximum Gasteiger partial charge on any atom is 0.295 e. The molecule has 0 saturated carbocycles. The van der Waals surface area contributed by atoms with E-state index in [0.717, 1.165) is 11.1 Å². The Labute approximate surface area is 183 Å². The Morgan fingerprint density at radius 1 is 1.06 bits per heavy atom. The molecular formula is C25H30N2O4. The van der Waals surface area contributed by atoms with Gasteiger partial charge in [-0.3, -0.25) is 9.59 Å². The largest absolute Gasteiger partial charge is 0.507 e. The number of hydrogen-bond donors (Lipinski definition) is 1. The highest BCUT2D eigenvalue weighted by molar-refractivity contribution is 6.46. The summed E-state index contributed by atoms with van der Waals surface area (Å²) < 4.78 is 5.65. The zero-order valence-electron chi connectivity index (χ0n) is 18.8. The predicted octanol–water partition coefficient (Wildman–Crippen LogP) is 3.77. The molecule has 0 unspecified atom stereocenters. The highest BCUT2D eigenvalue weighted by atomic mass is 16.5. The van der Waals surface area contributed by atoms with E-state index in [1.54, 1.807) is 29.2 Å². The van der Waals surface area contributed by atoms with E-state index < -0.39 is 17.7 Å². The van der Waals surface area contributed by atoms with Crippen LogP contribution in [0.4, 0.5) is 0 Å². The molecule has 6 heteroatoms.